The van der Waals surface area contributed by atoms with E-state index in [4.69, 9.17) is 16.3 Å². The Hall–Kier alpha value is -1.69. The fourth-order valence-electron chi connectivity index (χ4n) is 1.46. The van der Waals surface area contributed by atoms with Crippen LogP contribution in [0.25, 0.3) is 0 Å². The van der Waals surface area contributed by atoms with Crippen LogP contribution in [0.4, 0.5) is 0 Å². The summed E-state index contributed by atoms with van der Waals surface area (Å²) in [6, 6.07) is 2.30. The van der Waals surface area contributed by atoms with Gasteiger partial charge in [-0.3, -0.25) is 10.1 Å². The van der Waals surface area contributed by atoms with E-state index in [1.165, 1.54) is 20.1 Å². The van der Waals surface area contributed by atoms with E-state index in [2.05, 4.69) is 5.18 Å². The number of methoxy groups -OCH3 is 1. The van der Waals surface area contributed by atoms with Crippen LogP contribution in [0.15, 0.2) is 23.4 Å². The molecule has 0 aliphatic rings. The number of ether oxygens (including phenoxy) is 1. The van der Waals surface area contributed by atoms with Crippen LogP contribution in [-0.4, -0.2) is 18.1 Å². The van der Waals surface area contributed by atoms with Crippen LogP contribution < -0.4 is 4.74 Å². The third kappa shape index (κ3) is 2.91. The number of hydrogen-bond donors (Lipinski definition) is 0. The van der Waals surface area contributed by atoms with Gasteiger partial charge in [0.15, 0.2) is 6.04 Å². The van der Waals surface area contributed by atoms with Crippen molar-refractivity contribution in [2.45, 2.75) is 19.0 Å². The Balaban J connectivity index is 3.23. The van der Waals surface area contributed by atoms with Crippen LogP contribution in [0.5, 0.6) is 5.75 Å². The highest BCUT2D eigenvalue weighted by molar-refractivity contribution is 6.30. The highest BCUT2D eigenvalue weighted by Gasteiger charge is 2.32. The number of nitrogens with zero attached hydrogens (tertiary/aromatic N) is 2. The van der Waals surface area contributed by atoms with Gasteiger partial charge in [0, 0.05) is 22.4 Å². The van der Waals surface area contributed by atoms with Gasteiger partial charge in [0.25, 0.3) is 0 Å². The van der Waals surface area contributed by atoms with Crippen molar-refractivity contribution in [1.29, 1.82) is 0 Å². The van der Waals surface area contributed by atoms with Crippen molar-refractivity contribution in [3.8, 4) is 5.75 Å². The molecule has 0 heterocycles. The van der Waals surface area contributed by atoms with E-state index >= 15 is 0 Å². The Labute approximate surface area is 103 Å². The van der Waals surface area contributed by atoms with Crippen molar-refractivity contribution in [2.24, 2.45) is 5.18 Å². The van der Waals surface area contributed by atoms with Gasteiger partial charge < -0.3 is 4.74 Å². The molecule has 1 rings (SSSR count). The zero-order valence-corrected chi connectivity index (χ0v) is 10.0. The first-order valence-corrected chi connectivity index (χ1v) is 5.18. The molecule has 1 aromatic rings. The van der Waals surface area contributed by atoms with Crippen LogP contribution in [0.3, 0.4) is 0 Å². The minimum Gasteiger partial charge on any atom is -0.496 e. The van der Waals surface area contributed by atoms with E-state index in [9.17, 15) is 15.0 Å². The fourth-order valence-corrected chi connectivity index (χ4v) is 1.64. The highest BCUT2D eigenvalue weighted by atomic mass is 35.5. The van der Waals surface area contributed by atoms with Gasteiger partial charge in [0.1, 0.15) is 5.75 Å². The number of hydrogen-bond acceptors (Lipinski definition) is 5. The third-order valence-corrected chi connectivity index (χ3v) is 2.65. The maximum absolute atomic E-state index is 10.8. The van der Waals surface area contributed by atoms with Gasteiger partial charge >= 0.3 is 0 Å². The van der Waals surface area contributed by atoms with Crippen molar-refractivity contribution in [2.75, 3.05) is 7.11 Å². The zero-order valence-electron chi connectivity index (χ0n) is 9.29. The van der Waals surface area contributed by atoms with E-state index in [0.717, 1.165) is 0 Å². The molecule has 92 valence electrons. The molecule has 0 spiro atoms. The number of nitroso groups, excluding NO2 is 1. The molecule has 0 aliphatic heterocycles. The lowest BCUT2D eigenvalue weighted by atomic mass is 10.0. The molecule has 17 heavy (non-hydrogen) atoms. The van der Waals surface area contributed by atoms with Crippen LogP contribution in [0, 0.1) is 15.0 Å². The minimum absolute atomic E-state index is 0.319. The van der Waals surface area contributed by atoms with Crippen LogP contribution in [0.2, 0.25) is 5.02 Å². The first-order chi connectivity index (χ1) is 8.01. The van der Waals surface area contributed by atoms with Crippen molar-refractivity contribution in [3.05, 3.63) is 43.8 Å². The lowest BCUT2D eigenvalue weighted by Crippen LogP contribution is -2.23. The minimum atomic E-state index is -1.14. The van der Waals surface area contributed by atoms with Crippen molar-refractivity contribution in [1.82, 2.24) is 0 Å². The van der Waals surface area contributed by atoms with E-state index in [-0.39, 0.29) is 0 Å². The lowest BCUT2D eigenvalue weighted by molar-refractivity contribution is -0.522. The van der Waals surface area contributed by atoms with E-state index in [0.29, 0.717) is 16.3 Å². The van der Waals surface area contributed by atoms with E-state index < -0.39 is 17.0 Å². The van der Waals surface area contributed by atoms with Gasteiger partial charge in [-0.05, 0) is 18.2 Å². The van der Waals surface area contributed by atoms with Crippen molar-refractivity contribution in [3.63, 3.8) is 0 Å². The summed E-state index contributed by atoms with van der Waals surface area (Å²) in [7, 11) is 1.41. The molecule has 2 unspecified atom stereocenters. The molecular formula is C10H11ClN2O4. The summed E-state index contributed by atoms with van der Waals surface area (Å²) in [6.45, 7) is 1.31. The normalized spacial score (nSPS) is 13.8. The summed E-state index contributed by atoms with van der Waals surface area (Å²) in [5.74, 6) is 0.354. The SMILES string of the molecule is COc1ccc(Cl)cc1C(N=O)C(C)[N+](=O)[O-]. The average Bonchev–Trinajstić information content (AvgIpc) is 2.30. The summed E-state index contributed by atoms with van der Waals surface area (Å²) >= 11 is 5.79. The summed E-state index contributed by atoms with van der Waals surface area (Å²) in [5.41, 5.74) is 0.319. The van der Waals surface area contributed by atoms with E-state index in [1.807, 2.05) is 0 Å². The summed E-state index contributed by atoms with van der Waals surface area (Å²) < 4.78 is 5.03. The molecule has 0 saturated carbocycles. The highest BCUT2D eigenvalue weighted by Crippen LogP contribution is 2.33. The van der Waals surface area contributed by atoms with Crippen LogP contribution in [0.1, 0.15) is 18.5 Å². The van der Waals surface area contributed by atoms with Gasteiger partial charge in [-0.25, -0.2) is 0 Å². The number of rotatable bonds is 5. The Morgan fingerprint density at radius 3 is 2.65 bits per heavy atom. The standard InChI is InChI=1S/C10H11ClN2O4/c1-6(13(15)16)10(12-14)8-5-7(11)3-4-9(8)17-2/h3-6,10H,1-2H3. The van der Waals surface area contributed by atoms with E-state index in [1.54, 1.807) is 12.1 Å². The Morgan fingerprint density at radius 2 is 2.18 bits per heavy atom. The second-order valence-electron chi connectivity index (χ2n) is 3.46. The van der Waals surface area contributed by atoms with Crippen molar-refractivity contribution >= 4 is 11.6 Å². The molecule has 7 heteroatoms. The molecule has 0 aliphatic carbocycles. The lowest BCUT2D eigenvalue weighted by Gasteiger charge is -2.14. The maximum atomic E-state index is 10.8. The first-order valence-electron chi connectivity index (χ1n) is 4.80. The predicted octanol–water partition coefficient (Wildman–Crippen LogP) is 2.82. The zero-order chi connectivity index (χ0) is 13.0. The summed E-state index contributed by atoms with van der Waals surface area (Å²) in [4.78, 5) is 20.9. The molecule has 0 bridgehead atoms. The van der Waals surface area contributed by atoms with Crippen LogP contribution >= 0.6 is 11.6 Å². The Bertz CT molecular complexity index is 438. The molecule has 0 saturated heterocycles. The number of halogens is 1. The summed E-state index contributed by atoms with van der Waals surface area (Å²) in [6.07, 6.45) is 0. The smallest absolute Gasteiger partial charge is 0.240 e. The Morgan fingerprint density at radius 1 is 1.53 bits per heavy atom. The van der Waals surface area contributed by atoms with Gasteiger partial charge in [-0.1, -0.05) is 16.8 Å². The summed E-state index contributed by atoms with van der Waals surface area (Å²) in [5, 5.41) is 13.9. The third-order valence-electron chi connectivity index (χ3n) is 2.41. The molecule has 0 aromatic heterocycles. The molecular weight excluding hydrogens is 248 g/mol. The molecule has 6 nitrogen and oxygen atoms in total. The molecule has 1 aromatic carbocycles. The maximum Gasteiger partial charge on any atom is 0.240 e. The van der Waals surface area contributed by atoms with Gasteiger partial charge in [0.2, 0.25) is 6.04 Å². The van der Waals surface area contributed by atoms with Gasteiger partial charge in [-0.15, -0.1) is 4.91 Å². The average molecular weight is 259 g/mol. The molecule has 2 atom stereocenters. The second kappa shape index (κ2) is 5.58. The van der Waals surface area contributed by atoms with Gasteiger partial charge in [-0.2, -0.15) is 0 Å². The fraction of sp³-hybridized carbons (Fsp3) is 0.400. The van der Waals surface area contributed by atoms with Crippen LogP contribution in [-0.2, 0) is 0 Å². The second-order valence-corrected chi connectivity index (χ2v) is 3.90. The predicted molar refractivity (Wildman–Crippen MR) is 63.0 cm³/mol. The molecule has 0 radical (unpaired) electrons. The number of nitro groups is 1. The number of benzene rings is 1. The van der Waals surface area contributed by atoms with Gasteiger partial charge in [0.05, 0.1) is 7.11 Å². The molecule has 0 N–H and O–H groups in total. The first kappa shape index (κ1) is 13.4. The quantitative estimate of drug-likeness (QED) is 0.462. The van der Waals surface area contributed by atoms with Crippen molar-refractivity contribution < 1.29 is 9.66 Å². The molecule has 0 amide bonds. The monoisotopic (exact) mass is 258 g/mol. The Kier molecular flexibility index (Phi) is 4.39. The molecule has 0 fully saturated rings. The largest absolute Gasteiger partial charge is 0.496 e. The topological polar surface area (TPSA) is 81.8 Å².